The van der Waals surface area contributed by atoms with E-state index in [0.717, 1.165) is 12.3 Å². The van der Waals surface area contributed by atoms with Crippen LogP contribution in [0.3, 0.4) is 0 Å². The van der Waals surface area contributed by atoms with Crippen molar-refractivity contribution in [2.24, 2.45) is 11.8 Å². The number of carboxylic acid groups (broad SMARTS) is 1. The van der Waals surface area contributed by atoms with Gasteiger partial charge in [0.2, 0.25) is 0 Å². The Morgan fingerprint density at radius 1 is 1.00 bits per heavy atom. The summed E-state index contributed by atoms with van der Waals surface area (Å²) in [6.45, 7) is 2.32. The molecule has 0 radical (unpaired) electrons. The lowest BCUT2D eigenvalue weighted by Gasteiger charge is -2.44. The molecule has 0 bridgehead atoms. The Morgan fingerprint density at radius 3 is 2.36 bits per heavy atom. The zero-order chi connectivity index (χ0) is 15.7. The molecule has 2 N–H and O–H groups in total. The smallest absolute Gasteiger partial charge is 0.309 e. The predicted molar refractivity (Wildman–Crippen MR) is 85.7 cm³/mol. The highest BCUT2D eigenvalue weighted by molar-refractivity contribution is 5.70. The summed E-state index contributed by atoms with van der Waals surface area (Å²) < 4.78 is 0. The molecule has 1 heterocycles. The van der Waals surface area contributed by atoms with Crippen LogP contribution in [0.2, 0.25) is 0 Å². The van der Waals surface area contributed by atoms with Crippen molar-refractivity contribution in [1.29, 1.82) is 0 Å². The monoisotopic (exact) mass is 309 g/mol. The second-order valence-corrected chi connectivity index (χ2v) is 7.82. The van der Waals surface area contributed by atoms with Crippen LogP contribution in [0, 0.1) is 11.8 Å². The van der Waals surface area contributed by atoms with E-state index in [4.69, 9.17) is 0 Å². The van der Waals surface area contributed by atoms with Crippen LogP contribution in [0.4, 0.5) is 0 Å². The van der Waals surface area contributed by atoms with E-state index in [0.29, 0.717) is 31.0 Å². The summed E-state index contributed by atoms with van der Waals surface area (Å²) in [7, 11) is 0. The molecule has 126 valence electrons. The molecule has 0 spiro atoms. The summed E-state index contributed by atoms with van der Waals surface area (Å²) in [5.74, 6) is -0.556. The summed E-state index contributed by atoms with van der Waals surface area (Å²) in [5.41, 5.74) is 0. The fourth-order valence-corrected chi connectivity index (χ4v) is 5.35. The molecule has 0 amide bonds. The van der Waals surface area contributed by atoms with E-state index in [1.807, 2.05) is 0 Å². The van der Waals surface area contributed by atoms with Crippen LogP contribution in [0.15, 0.2) is 0 Å². The van der Waals surface area contributed by atoms with Crippen molar-refractivity contribution in [2.75, 3.05) is 0 Å². The Balaban J connectivity index is 1.67. The van der Waals surface area contributed by atoms with Crippen molar-refractivity contribution < 1.29 is 15.0 Å². The van der Waals surface area contributed by atoms with Gasteiger partial charge in [-0.15, -0.1) is 0 Å². The fraction of sp³-hybridized carbons (Fsp3) is 0.944. The van der Waals surface area contributed by atoms with Crippen LogP contribution < -0.4 is 0 Å². The Labute approximate surface area is 133 Å². The second-order valence-electron chi connectivity index (χ2n) is 7.82. The van der Waals surface area contributed by atoms with Crippen molar-refractivity contribution in [2.45, 2.75) is 95.4 Å². The summed E-state index contributed by atoms with van der Waals surface area (Å²) in [4.78, 5) is 13.9. The molecule has 0 aromatic rings. The molecule has 2 aliphatic carbocycles. The van der Waals surface area contributed by atoms with E-state index in [1.54, 1.807) is 0 Å². The minimum absolute atomic E-state index is 0.384. The first-order chi connectivity index (χ1) is 10.6. The molecule has 3 aliphatic rings. The SMILES string of the molecule is CC1CCC(C2CCCCC2)N1C1CCC(C(=O)O)C(O)C1. The fourth-order valence-electron chi connectivity index (χ4n) is 5.35. The van der Waals surface area contributed by atoms with E-state index in [9.17, 15) is 15.0 Å². The average Bonchev–Trinajstić information content (AvgIpc) is 2.89. The summed E-state index contributed by atoms with van der Waals surface area (Å²) in [6, 6.07) is 1.65. The number of aliphatic carboxylic acids is 1. The Bertz CT molecular complexity index is 394. The molecule has 5 atom stereocenters. The second kappa shape index (κ2) is 6.88. The van der Waals surface area contributed by atoms with Crippen LogP contribution >= 0.6 is 0 Å². The Morgan fingerprint density at radius 2 is 1.73 bits per heavy atom. The van der Waals surface area contributed by atoms with Gasteiger partial charge in [-0.25, -0.2) is 0 Å². The van der Waals surface area contributed by atoms with E-state index in [-0.39, 0.29) is 0 Å². The van der Waals surface area contributed by atoms with Gasteiger partial charge in [-0.1, -0.05) is 19.3 Å². The highest BCUT2D eigenvalue weighted by Crippen LogP contribution is 2.41. The van der Waals surface area contributed by atoms with E-state index < -0.39 is 18.0 Å². The van der Waals surface area contributed by atoms with Gasteiger partial charge in [-0.05, 0) is 57.8 Å². The minimum atomic E-state index is -0.829. The molecule has 0 aromatic heterocycles. The molecule has 5 unspecified atom stereocenters. The van der Waals surface area contributed by atoms with Crippen LogP contribution in [0.25, 0.3) is 0 Å². The van der Waals surface area contributed by atoms with Crippen molar-refractivity contribution in [3.8, 4) is 0 Å². The largest absolute Gasteiger partial charge is 0.481 e. The van der Waals surface area contributed by atoms with Crippen molar-refractivity contribution in [3.05, 3.63) is 0 Å². The van der Waals surface area contributed by atoms with Gasteiger partial charge in [0.25, 0.3) is 0 Å². The van der Waals surface area contributed by atoms with E-state index in [1.165, 1.54) is 44.9 Å². The number of hydrogen-bond acceptors (Lipinski definition) is 3. The normalized spacial score (nSPS) is 41.6. The van der Waals surface area contributed by atoms with Gasteiger partial charge in [0, 0.05) is 18.1 Å². The molecule has 1 saturated heterocycles. The molecule has 22 heavy (non-hydrogen) atoms. The number of carbonyl (C=O) groups is 1. The summed E-state index contributed by atoms with van der Waals surface area (Å²) in [5, 5.41) is 19.4. The van der Waals surface area contributed by atoms with Crippen LogP contribution in [-0.4, -0.2) is 45.3 Å². The number of rotatable bonds is 3. The minimum Gasteiger partial charge on any atom is -0.481 e. The topological polar surface area (TPSA) is 60.8 Å². The molecule has 3 rings (SSSR count). The number of likely N-dealkylation sites (tertiary alicyclic amines) is 1. The molecule has 1 aliphatic heterocycles. The Hall–Kier alpha value is -0.610. The van der Waals surface area contributed by atoms with Gasteiger partial charge in [0.1, 0.15) is 0 Å². The van der Waals surface area contributed by atoms with E-state index >= 15 is 0 Å². The number of carboxylic acids is 1. The van der Waals surface area contributed by atoms with Gasteiger partial charge in [-0.2, -0.15) is 0 Å². The predicted octanol–water partition coefficient (Wildman–Crippen LogP) is 3.03. The van der Waals surface area contributed by atoms with Gasteiger partial charge in [-0.3, -0.25) is 9.69 Å². The zero-order valence-electron chi connectivity index (χ0n) is 13.8. The third-order valence-electron chi connectivity index (χ3n) is 6.49. The number of nitrogens with zero attached hydrogens (tertiary/aromatic N) is 1. The van der Waals surface area contributed by atoms with Gasteiger partial charge in [0.05, 0.1) is 12.0 Å². The van der Waals surface area contributed by atoms with Crippen molar-refractivity contribution in [1.82, 2.24) is 4.90 Å². The highest BCUT2D eigenvalue weighted by atomic mass is 16.4. The quantitative estimate of drug-likeness (QED) is 0.841. The standard InChI is InChI=1S/C18H31NO3/c1-12-7-10-16(13-5-3-2-4-6-13)19(12)14-8-9-15(18(21)22)17(20)11-14/h12-17,20H,2-11H2,1H3,(H,21,22). The van der Waals surface area contributed by atoms with E-state index in [2.05, 4.69) is 11.8 Å². The lowest BCUT2D eigenvalue weighted by Crippen LogP contribution is -2.51. The molecule has 4 nitrogen and oxygen atoms in total. The molecule has 0 aromatic carbocycles. The van der Waals surface area contributed by atoms with Gasteiger partial charge >= 0.3 is 5.97 Å². The number of aliphatic hydroxyl groups excluding tert-OH is 1. The third kappa shape index (κ3) is 3.18. The van der Waals surface area contributed by atoms with Gasteiger partial charge in [0.15, 0.2) is 0 Å². The molecule has 2 saturated carbocycles. The first kappa shape index (κ1) is 16.3. The van der Waals surface area contributed by atoms with Crippen LogP contribution in [0.5, 0.6) is 0 Å². The summed E-state index contributed by atoms with van der Waals surface area (Å²) >= 11 is 0. The molecular formula is C18H31NO3. The average molecular weight is 309 g/mol. The van der Waals surface area contributed by atoms with Crippen LogP contribution in [-0.2, 0) is 4.79 Å². The van der Waals surface area contributed by atoms with Crippen LogP contribution in [0.1, 0.15) is 71.1 Å². The zero-order valence-corrected chi connectivity index (χ0v) is 13.8. The Kier molecular flexibility index (Phi) is 5.08. The lowest BCUT2D eigenvalue weighted by molar-refractivity contribution is -0.148. The van der Waals surface area contributed by atoms with Gasteiger partial charge < -0.3 is 10.2 Å². The highest BCUT2D eigenvalue weighted by Gasteiger charge is 2.43. The number of aliphatic hydroxyl groups is 1. The summed E-state index contributed by atoms with van der Waals surface area (Å²) in [6.07, 6.45) is 10.9. The van der Waals surface area contributed by atoms with Crippen molar-refractivity contribution in [3.63, 3.8) is 0 Å². The third-order valence-corrected chi connectivity index (χ3v) is 6.49. The molecule has 3 fully saturated rings. The first-order valence-corrected chi connectivity index (χ1v) is 9.26. The van der Waals surface area contributed by atoms with Crippen molar-refractivity contribution >= 4 is 5.97 Å². The maximum absolute atomic E-state index is 11.2. The molecular weight excluding hydrogens is 278 g/mol. The maximum atomic E-state index is 11.2. The number of hydrogen-bond donors (Lipinski definition) is 2. The lowest BCUT2D eigenvalue weighted by atomic mass is 9.79. The first-order valence-electron chi connectivity index (χ1n) is 9.26. The maximum Gasteiger partial charge on any atom is 0.309 e. The molecule has 4 heteroatoms.